The van der Waals surface area contributed by atoms with Gasteiger partial charge in [0.05, 0.1) is 11.6 Å². The fourth-order valence-corrected chi connectivity index (χ4v) is 2.34. The van der Waals surface area contributed by atoms with Gasteiger partial charge in [0.1, 0.15) is 0 Å². The molecule has 0 N–H and O–H groups in total. The summed E-state index contributed by atoms with van der Waals surface area (Å²) >= 11 is 5.70. The molecule has 88 valence electrons. The molecule has 1 aromatic heterocycles. The number of hydrogen-bond donors (Lipinski definition) is 0. The Kier molecular flexibility index (Phi) is 3.99. The molecular formula is C12H18ClN3. The predicted octanol–water partition coefficient (Wildman–Crippen LogP) is 2.98. The maximum Gasteiger partial charge on any atom is 0.151 e. The van der Waals surface area contributed by atoms with Crippen LogP contribution in [0.4, 0.5) is 5.82 Å². The van der Waals surface area contributed by atoms with Crippen molar-refractivity contribution in [3.05, 3.63) is 17.8 Å². The van der Waals surface area contributed by atoms with Crippen molar-refractivity contribution in [1.82, 2.24) is 10.2 Å². The molecule has 0 amide bonds. The van der Waals surface area contributed by atoms with Crippen LogP contribution < -0.4 is 4.90 Å². The molecule has 16 heavy (non-hydrogen) atoms. The second-order valence-electron chi connectivity index (χ2n) is 4.41. The van der Waals surface area contributed by atoms with E-state index in [1.807, 2.05) is 12.1 Å². The third kappa shape index (κ3) is 2.64. The smallest absolute Gasteiger partial charge is 0.151 e. The van der Waals surface area contributed by atoms with Gasteiger partial charge in [0.2, 0.25) is 0 Å². The van der Waals surface area contributed by atoms with Crippen molar-refractivity contribution in [1.29, 1.82) is 0 Å². The Morgan fingerprint density at radius 3 is 2.88 bits per heavy atom. The summed E-state index contributed by atoms with van der Waals surface area (Å²) in [6.45, 7) is 3.36. The van der Waals surface area contributed by atoms with E-state index in [1.54, 1.807) is 0 Å². The van der Waals surface area contributed by atoms with Crippen LogP contribution in [0.25, 0.3) is 0 Å². The summed E-state index contributed by atoms with van der Waals surface area (Å²) in [5, 5.41) is 8.37. The van der Waals surface area contributed by atoms with Gasteiger partial charge in [0.15, 0.2) is 5.82 Å². The second-order valence-corrected chi connectivity index (χ2v) is 4.68. The molecular weight excluding hydrogens is 222 g/mol. The molecule has 1 atom stereocenters. The normalized spacial score (nSPS) is 21.9. The van der Waals surface area contributed by atoms with Crippen molar-refractivity contribution in [3.63, 3.8) is 0 Å². The fraction of sp³-hybridized carbons (Fsp3) is 0.667. The van der Waals surface area contributed by atoms with Crippen molar-refractivity contribution in [2.24, 2.45) is 0 Å². The molecule has 2 heterocycles. The summed E-state index contributed by atoms with van der Waals surface area (Å²) in [6, 6.07) is 4.57. The quantitative estimate of drug-likeness (QED) is 0.743. The Bertz CT molecular complexity index is 326. The Morgan fingerprint density at radius 2 is 2.19 bits per heavy atom. The summed E-state index contributed by atoms with van der Waals surface area (Å²) in [5.41, 5.74) is 0.841. The topological polar surface area (TPSA) is 29.0 Å². The highest BCUT2D eigenvalue weighted by atomic mass is 35.5. The van der Waals surface area contributed by atoms with Crippen LogP contribution in [0.15, 0.2) is 12.1 Å². The van der Waals surface area contributed by atoms with Crippen molar-refractivity contribution in [2.75, 3.05) is 11.4 Å². The average Bonchev–Trinajstić information content (AvgIpc) is 2.54. The summed E-state index contributed by atoms with van der Waals surface area (Å²) in [4.78, 5) is 2.36. The van der Waals surface area contributed by atoms with E-state index in [2.05, 4.69) is 22.0 Å². The van der Waals surface area contributed by atoms with E-state index in [0.29, 0.717) is 11.9 Å². The lowest BCUT2D eigenvalue weighted by Crippen LogP contribution is -2.33. The Hall–Kier alpha value is -0.830. The second kappa shape index (κ2) is 5.48. The number of rotatable bonds is 2. The van der Waals surface area contributed by atoms with Crippen LogP contribution in [0.5, 0.6) is 0 Å². The van der Waals surface area contributed by atoms with Gasteiger partial charge in [-0.2, -0.15) is 5.10 Å². The highest BCUT2D eigenvalue weighted by Gasteiger charge is 2.18. The minimum Gasteiger partial charge on any atom is -0.352 e. The zero-order valence-electron chi connectivity index (χ0n) is 9.69. The lowest BCUT2D eigenvalue weighted by Gasteiger charge is -2.27. The lowest BCUT2D eigenvalue weighted by atomic mass is 10.1. The van der Waals surface area contributed by atoms with E-state index < -0.39 is 0 Å². The predicted molar refractivity (Wildman–Crippen MR) is 66.9 cm³/mol. The van der Waals surface area contributed by atoms with Gasteiger partial charge < -0.3 is 4.90 Å². The summed E-state index contributed by atoms with van der Waals surface area (Å²) < 4.78 is 0. The SMILES string of the molecule is CC1CCCCCN1c1ccc(CCl)nn1. The van der Waals surface area contributed by atoms with Gasteiger partial charge in [-0.1, -0.05) is 12.8 Å². The maximum absolute atomic E-state index is 5.70. The zero-order valence-corrected chi connectivity index (χ0v) is 10.5. The molecule has 0 radical (unpaired) electrons. The maximum atomic E-state index is 5.70. The van der Waals surface area contributed by atoms with Crippen molar-refractivity contribution in [3.8, 4) is 0 Å². The van der Waals surface area contributed by atoms with Crippen molar-refractivity contribution in [2.45, 2.75) is 44.5 Å². The van der Waals surface area contributed by atoms with E-state index in [4.69, 9.17) is 11.6 Å². The van der Waals surface area contributed by atoms with Gasteiger partial charge in [0.25, 0.3) is 0 Å². The van der Waals surface area contributed by atoms with E-state index in [0.717, 1.165) is 18.1 Å². The molecule has 2 rings (SSSR count). The molecule has 0 saturated carbocycles. The standard InChI is InChI=1S/C12H18ClN3/c1-10-5-3-2-4-8-16(10)12-7-6-11(9-13)14-15-12/h6-7,10H,2-5,8-9H2,1H3. The minimum absolute atomic E-state index is 0.433. The van der Waals surface area contributed by atoms with Crippen LogP contribution >= 0.6 is 11.6 Å². The van der Waals surface area contributed by atoms with Gasteiger partial charge in [0, 0.05) is 12.6 Å². The van der Waals surface area contributed by atoms with E-state index in [9.17, 15) is 0 Å². The largest absolute Gasteiger partial charge is 0.352 e. The number of hydrogen-bond acceptors (Lipinski definition) is 3. The van der Waals surface area contributed by atoms with Crippen LogP contribution in [0.1, 0.15) is 38.3 Å². The first-order valence-electron chi connectivity index (χ1n) is 5.96. The molecule has 4 heteroatoms. The first-order chi connectivity index (χ1) is 7.81. The third-order valence-corrected chi connectivity index (χ3v) is 3.46. The van der Waals surface area contributed by atoms with Crippen LogP contribution in [-0.4, -0.2) is 22.8 Å². The van der Waals surface area contributed by atoms with Crippen molar-refractivity contribution < 1.29 is 0 Å². The Balaban J connectivity index is 2.14. The van der Waals surface area contributed by atoms with Gasteiger partial charge in [-0.15, -0.1) is 16.7 Å². The summed E-state index contributed by atoms with van der Waals surface area (Å²) in [5.74, 6) is 1.42. The Labute approximate surface area is 102 Å². The number of aromatic nitrogens is 2. The zero-order chi connectivity index (χ0) is 11.4. The Morgan fingerprint density at radius 1 is 1.31 bits per heavy atom. The first-order valence-corrected chi connectivity index (χ1v) is 6.50. The minimum atomic E-state index is 0.433. The van der Waals surface area contributed by atoms with Crippen molar-refractivity contribution >= 4 is 17.4 Å². The van der Waals surface area contributed by atoms with Crippen LogP contribution in [0.3, 0.4) is 0 Å². The number of nitrogens with zero attached hydrogens (tertiary/aromatic N) is 3. The van der Waals surface area contributed by atoms with Gasteiger partial charge >= 0.3 is 0 Å². The summed E-state index contributed by atoms with van der Waals surface area (Å²) in [6.07, 6.45) is 5.15. The van der Waals surface area contributed by atoms with Gasteiger partial charge in [-0.3, -0.25) is 0 Å². The highest BCUT2D eigenvalue weighted by Crippen LogP contribution is 2.21. The molecule has 1 aliphatic heterocycles. The van der Waals surface area contributed by atoms with Gasteiger partial charge in [-0.25, -0.2) is 0 Å². The van der Waals surface area contributed by atoms with E-state index >= 15 is 0 Å². The molecule has 0 aliphatic carbocycles. The van der Waals surface area contributed by atoms with Gasteiger partial charge in [-0.05, 0) is 31.9 Å². The van der Waals surface area contributed by atoms with Crippen LogP contribution in [-0.2, 0) is 5.88 Å². The average molecular weight is 240 g/mol. The molecule has 1 saturated heterocycles. The highest BCUT2D eigenvalue weighted by molar-refractivity contribution is 6.16. The van der Waals surface area contributed by atoms with Crippen LogP contribution in [0.2, 0.25) is 0 Å². The molecule has 0 bridgehead atoms. The monoisotopic (exact) mass is 239 g/mol. The molecule has 1 aromatic rings. The van der Waals surface area contributed by atoms with Crippen LogP contribution in [0, 0.1) is 0 Å². The first kappa shape index (κ1) is 11.6. The number of anilines is 1. The summed E-state index contributed by atoms with van der Waals surface area (Å²) in [7, 11) is 0. The van der Waals surface area contributed by atoms with E-state index in [1.165, 1.54) is 25.7 Å². The van der Waals surface area contributed by atoms with E-state index in [-0.39, 0.29) is 0 Å². The lowest BCUT2D eigenvalue weighted by molar-refractivity contribution is 0.608. The molecule has 0 aromatic carbocycles. The molecule has 1 fully saturated rings. The fourth-order valence-electron chi connectivity index (χ4n) is 2.19. The molecule has 1 aliphatic rings. The molecule has 3 nitrogen and oxygen atoms in total. The number of halogens is 1. The number of alkyl halides is 1. The molecule has 0 spiro atoms. The third-order valence-electron chi connectivity index (χ3n) is 3.19. The molecule has 1 unspecified atom stereocenters.